The van der Waals surface area contributed by atoms with Gasteiger partial charge in [0.25, 0.3) is 0 Å². The van der Waals surface area contributed by atoms with Crippen LogP contribution in [0, 0.1) is 0 Å². The van der Waals surface area contributed by atoms with E-state index in [4.69, 9.17) is 32.7 Å². The van der Waals surface area contributed by atoms with Gasteiger partial charge in [-0.25, -0.2) is 9.59 Å². The number of hydrogen-bond donors (Lipinski definition) is 2. The molecule has 3 unspecified atom stereocenters. The van der Waals surface area contributed by atoms with Crippen LogP contribution < -0.4 is 5.32 Å². The van der Waals surface area contributed by atoms with Crippen molar-refractivity contribution in [3.63, 3.8) is 0 Å². The quantitative estimate of drug-likeness (QED) is 0.300. The van der Waals surface area contributed by atoms with E-state index in [-0.39, 0.29) is 22.9 Å². The second-order valence-corrected chi connectivity index (χ2v) is 13.9. The molecule has 42 heavy (non-hydrogen) atoms. The Labute approximate surface area is 255 Å². The van der Waals surface area contributed by atoms with Gasteiger partial charge in [0, 0.05) is 39.3 Å². The van der Waals surface area contributed by atoms with Gasteiger partial charge in [-0.1, -0.05) is 23.2 Å². The highest BCUT2D eigenvalue weighted by atomic mass is 35.5. The van der Waals surface area contributed by atoms with E-state index >= 15 is 0 Å². The predicted octanol–water partition coefficient (Wildman–Crippen LogP) is 5.96. The lowest BCUT2D eigenvalue weighted by Gasteiger charge is -2.29. The third-order valence-electron chi connectivity index (χ3n) is 5.46. The van der Waals surface area contributed by atoms with Crippen LogP contribution in [0.2, 0.25) is 10.0 Å². The average Bonchev–Trinajstić information content (AvgIpc) is 2.82. The van der Waals surface area contributed by atoms with Gasteiger partial charge < -0.3 is 19.9 Å². The third-order valence-corrected chi connectivity index (χ3v) is 7.36. The van der Waals surface area contributed by atoms with Crippen molar-refractivity contribution < 1.29 is 41.5 Å². The van der Waals surface area contributed by atoms with E-state index < -0.39 is 69.8 Å². The second kappa shape index (κ2) is 13.9. The molecule has 3 atom stereocenters. The number of carbonyl (C=O) groups is 2. The van der Waals surface area contributed by atoms with Gasteiger partial charge in [0.2, 0.25) is 5.60 Å². The van der Waals surface area contributed by atoms with Gasteiger partial charge in [0.15, 0.2) is 0 Å². The molecule has 0 aliphatic rings. The van der Waals surface area contributed by atoms with Crippen LogP contribution in [-0.2, 0) is 30.7 Å². The maximum atomic E-state index is 14.1. The van der Waals surface area contributed by atoms with Gasteiger partial charge in [-0.2, -0.15) is 13.2 Å². The minimum atomic E-state index is -5.18. The first-order valence-electron chi connectivity index (χ1n) is 12.8. The largest absolute Gasteiger partial charge is 0.458 e. The first-order chi connectivity index (χ1) is 19.1. The number of hydrogen-bond acceptors (Lipinski definition) is 8. The Hall–Kier alpha value is -2.48. The molecule has 0 aliphatic heterocycles. The number of carbonyl (C=O) groups excluding carboxylic acids is 2. The van der Waals surface area contributed by atoms with Crippen molar-refractivity contribution in [1.29, 1.82) is 0 Å². The average molecular weight is 657 g/mol. The molecule has 2 aromatic rings. The smallest absolute Gasteiger partial charge is 0.423 e. The number of halogens is 5. The lowest BCUT2D eigenvalue weighted by atomic mass is 9.96. The van der Waals surface area contributed by atoms with E-state index in [1.54, 1.807) is 41.5 Å². The number of aromatic nitrogens is 2. The van der Waals surface area contributed by atoms with Crippen LogP contribution >= 0.6 is 23.2 Å². The molecule has 9 nitrogen and oxygen atoms in total. The Morgan fingerprint density at radius 1 is 1.00 bits per heavy atom. The Balaban J connectivity index is 2.15. The van der Waals surface area contributed by atoms with Gasteiger partial charge in [0.1, 0.15) is 17.2 Å². The molecule has 15 heteroatoms. The molecule has 0 fully saturated rings. The van der Waals surface area contributed by atoms with Crippen LogP contribution in [0.25, 0.3) is 11.3 Å². The number of esters is 1. The standard InChI is InChI=1S/C27H34Cl2F3N3O6S/c1-24(2,3)40-22(36)19(35-23(37)41-25(4,5)6)9-11-42(39)12-10-26(38,27(30,31)32)21-15-33-20(14-34-21)17-8-7-16(28)13-18(17)29/h7-8,13-15,19,38H,9-12H2,1-6H3,(H,35,37). The summed E-state index contributed by atoms with van der Waals surface area (Å²) >= 11 is 12.0. The summed E-state index contributed by atoms with van der Waals surface area (Å²) in [6.07, 6.45) is -5.51. The van der Waals surface area contributed by atoms with E-state index in [2.05, 4.69) is 15.3 Å². The van der Waals surface area contributed by atoms with Crippen LogP contribution in [0.1, 0.15) is 60.1 Å². The Morgan fingerprint density at radius 3 is 2.12 bits per heavy atom. The number of ether oxygens (including phenoxy) is 2. The van der Waals surface area contributed by atoms with Crippen LogP contribution in [0.15, 0.2) is 30.6 Å². The molecule has 234 valence electrons. The van der Waals surface area contributed by atoms with Crippen molar-refractivity contribution in [3.8, 4) is 11.3 Å². The van der Waals surface area contributed by atoms with Crippen LogP contribution in [0.5, 0.6) is 0 Å². The van der Waals surface area contributed by atoms with Crippen molar-refractivity contribution in [2.75, 3.05) is 11.5 Å². The van der Waals surface area contributed by atoms with Crippen LogP contribution in [-0.4, -0.2) is 66.3 Å². The van der Waals surface area contributed by atoms with Crippen molar-refractivity contribution >= 4 is 46.1 Å². The molecule has 1 amide bonds. The van der Waals surface area contributed by atoms with Crippen LogP contribution in [0.4, 0.5) is 18.0 Å². The molecule has 2 N–H and O–H groups in total. The van der Waals surface area contributed by atoms with E-state index in [1.165, 1.54) is 18.2 Å². The lowest BCUT2D eigenvalue weighted by molar-refractivity contribution is -0.269. The van der Waals surface area contributed by atoms with Gasteiger partial charge in [-0.15, -0.1) is 0 Å². The summed E-state index contributed by atoms with van der Waals surface area (Å²) in [5.41, 5.74) is -5.50. The molecule has 1 aromatic carbocycles. The molecular formula is C27H34Cl2F3N3O6S. The maximum absolute atomic E-state index is 14.1. The second-order valence-electron chi connectivity index (χ2n) is 11.4. The van der Waals surface area contributed by atoms with Crippen molar-refractivity contribution in [3.05, 3.63) is 46.3 Å². The van der Waals surface area contributed by atoms with Crippen molar-refractivity contribution in [2.24, 2.45) is 0 Å². The number of benzene rings is 1. The topological polar surface area (TPSA) is 128 Å². The monoisotopic (exact) mass is 655 g/mol. The van der Waals surface area contributed by atoms with Gasteiger partial charge in [-0.05, 0) is 66.2 Å². The van der Waals surface area contributed by atoms with E-state index in [9.17, 15) is 32.1 Å². The Morgan fingerprint density at radius 2 is 1.62 bits per heavy atom. The molecule has 0 saturated carbocycles. The normalized spacial score (nSPS) is 15.3. The Bertz CT molecular complexity index is 1280. The molecular weight excluding hydrogens is 622 g/mol. The highest BCUT2D eigenvalue weighted by molar-refractivity contribution is 7.84. The number of alkyl halides is 3. The highest BCUT2D eigenvalue weighted by Crippen LogP contribution is 2.41. The fraction of sp³-hybridized carbons (Fsp3) is 0.556. The zero-order valence-electron chi connectivity index (χ0n) is 24.0. The Kier molecular flexibility index (Phi) is 11.8. The molecule has 0 spiro atoms. The molecule has 0 aliphatic carbocycles. The zero-order chi connectivity index (χ0) is 32.1. The predicted molar refractivity (Wildman–Crippen MR) is 154 cm³/mol. The molecule has 0 bridgehead atoms. The summed E-state index contributed by atoms with van der Waals surface area (Å²) in [6.45, 7) is 9.71. The summed E-state index contributed by atoms with van der Waals surface area (Å²) in [5, 5.41) is 13.6. The minimum absolute atomic E-state index is 0.152. The first-order valence-corrected chi connectivity index (χ1v) is 15.0. The summed E-state index contributed by atoms with van der Waals surface area (Å²) < 4.78 is 65.4. The zero-order valence-corrected chi connectivity index (χ0v) is 26.3. The molecule has 2 rings (SSSR count). The van der Waals surface area contributed by atoms with Gasteiger partial charge in [-0.3, -0.25) is 14.2 Å². The number of nitrogens with zero attached hydrogens (tertiary/aromatic N) is 2. The third kappa shape index (κ3) is 10.7. The summed E-state index contributed by atoms with van der Waals surface area (Å²) in [4.78, 5) is 32.7. The lowest BCUT2D eigenvalue weighted by Crippen LogP contribution is -2.47. The fourth-order valence-corrected chi connectivity index (χ4v) is 5.21. The van der Waals surface area contributed by atoms with E-state index in [1.807, 2.05) is 0 Å². The number of nitrogens with one attached hydrogen (secondary N) is 1. The van der Waals surface area contributed by atoms with Crippen LogP contribution in [0.3, 0.4) is 0 Å². The first kappa shape index (κ1) is 35.7. The minimum Gasteiger partial charge on any atom is -0.458 e. The fourth-order valence-electron chi connectivity index (χ4n) is 3.48. The summed E-state index contributed by atoms with van der Waals surface area (Å²) in [6, 6.07) is 3.21. The molecule has 1 aromatic heterocycles. The van der Waals surface area contributed by atoms with Gasteiger partial charge in [0.05, 0.1) is 28.8 Å². The number of alkyl carbamates (subject to hydrolysis) is 1. The van der Waals surface area contributed by atoms with Crippen molar-refractivity contribution in [1.82, 2.24) is 15.3 Å². The molecule has 1 heterocycles. The summed E-state index contributed by atoms with van der Waals surface area (Å²) in [5.74, 6) is -1.71. The van der Waals surface area contributed by atoms with Gasteiger partial charge >= 0.3 is 18.2 Å². The molecule has 0 saturated heterocycles. The number of amides is 1. The van der Waals surface area contributed by atoms with Crippen molar-refractivity contribution in [2.45, 2.75) is 83.4 Å². The highest BCUT2D eigenvalue weighted by Gasteiger charge is 2.56. The summed E-state index contributed by atoms with van der Waals surface area (Å²) in [7, 11) is -1.95. The van der Waals surface area contributed by atoms with E-state index in [0.717, 1.165) is 12.4 Å². The number of rotatable bonds is 10. The van der Waals surface area contributed by atoms with E-state index in [0.29, 0.717) is 10.6 Å². The number of aliphatic hydroxyl groups is 1. The maximum Gasteiger partial charge on any atom is 0.423 e. The SMILES string of the molecule is CC(C)(C)OC(=O)NC(CCS(=O)CCC(O)(c1cnc(-c2ccc(Cl)cc2Cl)cn1)C(F)(F)F)C(=O)OC(C)(C)C. The molecule has 0 radical (unpaired) electrons.